The zero-order valence-electron chi connectivity index (χ0n) is 17.5. The fourth-order valence-electron chi connectivity index (χ4n) is 4.31. The summed E-state index contributed by atoms with van der Waals surface area (Å²) in [6, 6.07) is 27.2. The molecule has 4 aromatic rings. The zero-order valence-corrected chi connectivity index (χ0v) is 17.5. The van der Waals surface area contributed by atoms with Gasteiger partial charge < -0.3 is 9.13 Å². The molecule has 0 amide bonds. The molecule has 6 heteroatoms. The number of hydrogen-bond donors (Lipinski definition) is 0. The molecule has 4 rings (SSSR count). The summed E-state index contributed by atoms with van der Waals surface area (Å²) in [5.74, 6) is 0. The maximum atomic E-state index is 9.74. The van der Waals surface area contributed by atoms with Crippen molar-refractivity contribution in [2.24, 2.45) is 14.1 Å². The van der Waals surface area contributed by atoms with Crippen LogP contribution >= 0.6 is 0 Å². The fraction of sp³-hybridized carbons (Fsp3) is 0.0769. The van der Waals surface area contributed by atoms with Gasteiger partial charge in [-0.05, 0) is 11.1 Å². The Labute approximate surface area is 184 Å². The van der Waals surface area contributed by atoms with Gasteiger partial charge in [-0.1, -0.05) is 60.7 Å². The zero-order chi connectivity index (χ0) is 22.8. The SMILES string of the molecule is Cn1c(-c2ccccc2)c2c(=C(C#N)C#N)n(C)c(-c3ccccc3)c2c1=C(C#N)C#N. The quantitative estimate of drug-likeness (QED) is 0.504. The van der Waals surface area contributed by atoms with E-state index >= 15 is 0 Å². The monoisotopic (exact) mass is 412 g/mol. The van der Waals surface area contributed by atoms with Crippen LogP contribution in [0.1, 0.15) is 0 Å². The van der Waals surface area contributed by atoms with Gasteiger partial charge in [-0.2, -0.15) is 21.0 Å². The Morgan fingerprint density at radius 2 is 0.875 bits per heavy atom. The third-order valence-corrected chi connectivity index (χ3v) is 5.55. The average molecular weight is 412 g/mol. The number of hydrogen-bond acceptors (Lipinski definition) is 4. The lowest BCUT2D eigenvalue weighted by Crippen LogP contribution is -2.20. The minimum Gasteiger partial charge on any atom is -0.341 e. The molecule has 0 fully saturated rings. The lowest BCUT2D eigenvalue weighted by Gasteiger charge is -2.08. The van der Waals surface area contributed by atoms with Crippen molar-refractivity contribution in [1.82, 2.24) is 9.13 Å². The molecular formula is C26H16N6. The molecule has 0 N–H and O–H groups in total. The molecule has 0 bridgehead atoms. The first-order valence-electron chi connectivity index (χ1n) is 9.75. The first kappa shape index (κ1) is 20.2. The first-order chi connectivity index (χ1) is 15.6. The summed E-state index contributed by atoms with van der Waals surface area (Å²) in [6.45, 7) is 0. The Morgan fingerprint density at radius 3 is 1.16 bits per heavy atom. The van der Waals surface area contributed by atoms with E-state index in [2.05, 4.69) is 0 Å². The van der Waals surface area contributed by atoms with E-state index in [0.717, 1.165) is 22.5 Å². The highest BCUT2D eigenvalue weighted by molar-refractivity contribution is 6.08. The van der Waals surface area contributed by atoms with Crippen molar-refractivity contribution >= 4 is 21.9 Å². The predicted molar refractivity (Wildman–Crippen MR) is 121 cm³/mol. The highest BCUT2D eigenvalue weighted by atomic mass is 15.0. The number of benzene rings is 2. The van der Waals surface area contributed by atoms with Crippen LogP contribution in [-0.2, 0) is 14.1 Å². The second-order valence-electron chi connectivity index (χ2n) is 7.19. The molecule has 0 aliphatic heterocycles. The summed E-state index contributed by atoms with van der Waals surface area (Å²) in [5, 5.41) is 41.2. The van der Waals surface area contributed by atoms with Crippen LogP contribution in [0, 0.1) is 45.3 Å². The van der Waals surface area contributed by atoms with Crippen molar-refractivity contribution in [2.75, 3.05) is 0 Å². The van der Waals surface area contributed by atoms with E-state index < -0.39 is 0 Å². The second-order valence-corrected chi connectivity index (χ2v) is 7.19. The minimum atomic E-state index is -0.0375. The Kier molecular flexibility index (Phi) is 5.06. The lowest BCUT2D eigenvalue weighted by molar-refractivity contribution is 0.881. The van der Waals surface area contributed by atoms with Crippen molar-refractivity contribution in [1.29, 1.82) is 21.0 Å². The van der Waals surface area contributed by atoms with Crippen LogP contribution in [0.25, 0.3) is 44.4 Å². The van der Waals surface area contributed by atoms with Gasteiger partial charge in [0.15, 0.2) is 11.1 Å². The van der Waals surface area contributed by atoms with Gasteiger partial charge in [-0.15, -0.1) is 0 Å². The summed E-state index contributed by atoms with van der Waals surface area (Å²) in [4.78, 5) is 0. The molecule has 2 heterocycles. The van der Waals surface area contributed by atoms with Crippen LogP contribution in [0.4, 0.5) is 0 Å². The fourth-order valence-corrected chi connectivity index (χ4v) is 4.31. The van der Waals surface area contributed by atoms with Gasteiger partial charge in [0.2, 0.25) is 0 Å². The number of rotatable bonds is 2. The molecule has 6 nitrogen and oxygen atoms in total. The van der Waals surface area contributed by atoms with Crippen LogP contribution in [0.3, 0.4) is 0 Å². The topological polar surface area (TPSA) is 105 Å². The van der Waals surface area contributed by atoms with Crippen LogP contribution < -0.4 is 10.7 Å². The molecule has 0 saturated carbocycles. The van der Waals surface area contributed by atoms with Gasteiger partial charge in [0.25, 0.3) is 0 Å². The second kappa shape index (κ2) is 8.00. The molecule has 0 unspecified atom stereocenters. The molecule has 150 valence electrons. The smallest absolute Gasteiger partial charge is 0.153 e. The number of aromatic nitrogens is 2. The Morgan fingerprint density at radius 1 is 0.562 bits per heavy atom. The highest BCUT2D eigenvalue weighted by Crippen LogP contribution is 2.33. The normalized spacial score (nSPS) is 10.1. The third kappa shape index (κ3) is 2.85. The van der Waals surface area contributed by atoms with Gasteiger partial charge in [0, 0.05) is 24.9 Å². The molecule has 0 radical (unpaired) electrons. The van der Waals surface area contributed by atoms with Gasteiger partial charge in [-0.3, -0.25) is 0 Å². The molecule has 0 saturated heterocycles. The van der Waals surface area contributed by atoms with Crippen molar-refractivity contribution in [2.45, 2.75) is 0 Å². The molecule has 2 aromatic carbocycles. The van der Waals surface area contributed by atoms with Crippen LogP contribution in [0.2, 0.25) is 0 Å². The molecule has 0 atom stereocenters. The van der Waals surface area contributed by atoms with Crippen LogP contribution in [-0.4, -0.2) is 9.13 Å². The molecule has 0 aliphatic rings. The number of nitriles is 4. The summed E-state index contributed by atoms with van der Waals surface area (Å²) in [6.07, 6.45) is 0. The van der Waals surface area contributed by atoms with Crippen LogP contribution in [0.5, 0.6) is 0 Å². The Hall–Kier alpha value is -5.04. The third-order valence-electron chi connectivity index (χ3n) is 5.55. The van der Waals surface area contributed by atoms with Gasteiger partial charge >= 0.3 is 0 Å². The Balaban J connectivity index is 2.48. The number of fused-ring (bicyclic) bond motifs is 1. The maximum absolute atomic E-state index is 9.74. The van der Waals surface area contributed by atoms with Crippen LogP contribution in [0.15, 0.2) is 60.7 Å². The first-order valence-corrected chi connectivity index (χ1v) is 9.75. The van der Waals surface area contributed by atoms with Gasteiger partial charge in [-0.25, -0.2) is 0 Å². The van der Waals surface area contributed by atoms with E-state index in [0.29, 0.717) is 21.5 Å². The standard InChI is InChI=1S/C26H16N6/c1-31-23(17-9-5-3-6-10-17)21-22(25(31)19(13-27)14-28)24(18-11-7-4-8-12-18)32(2)26(21)20(15-29)16-30/h3-12H,1-2H3. The largest absolute Gasteiger partial charge is 0.341 e. The van der Waals surface area contributed by atoms with E-state index in [4.69, 9.17) is 0 Å². The van der Waals surface area contributed by atoms with Crippen molar-refractivity contribution in [3.63, 3.8) is 0 Å². The Bertz CT molecular complexity index is 1500. The lowest BCUT2D eigenvalue weighted by atomic mass is 10.0. The number of nitrogens with zero attached hydrogens (tertiary/aromatic N) is 6. The van der Waals surface area contributed by atoms with Gasteiger partial charge in [0.1, 0.15) is 24.3 Å². The average Bonchev–Trinajstić information content (AvgIpc) is 3.27. The van der Waals surface area contributed by atoms with E-state index in [1.165, 1.54) is 0 Å². The summed E-state index contributed by atoms with van der Waals surface area (Å²) in [7, 11) is 3.59. The van der Waals surface area contributed by atoms with E-state index in [1.807, 2.05) is 94.1 Å². The summed E-state index contributed by atoms with van der Waals surface area (Å²) < 4.78 is 3.62. The predicted octanol–water partition coefficient (Wildman–Crippen LogP) is 3.25. The highest BCUT2D eigenvalue weighted by Gasteiger charge is 2.25. The van der Waals surface area contributed by atoms with Crippen molar-refractivity contribution < 1.29 is 0 Å². The molecular weight excluding hydrogens is 396 g/mol. The molecule has 2 aromatic heterocycles. The molecule has 0 spiro atoms. The minimum absolute atomic E-state index is 0.0375. The summed E-state index contributed by atoms with van der Waals surface area (Å²) >= 11 is 0. The van der Waals surface area contributed by atoms with E-state index in [1.54, 1.807) is 14.1 Å². The molecule has 0 aliphatic carbocycles. The van der Waals surface area contributed by atoms with E-state index in [-0.39, 0.29) is 11.1 Å². The summed E-state index contributed by atoms with van der Waals surface area (Å²) in [5.41, 5.74) is 3.09. The van der Waals surface area contributed by atoms with Crippen molar-refractivity contribution in [3.05, 3.63) is 71.4 Å². The maximum Gasteiger partial charge on any atom is 0.153 e. The van der Waals surface area contributed by atoms with Gasteiger partial charge in [0.05, 0.1) is 22.1 Å². The molecule has 32 heavy (non-hydrogen) atoms. The van der Waals surface area contributed by atoms with Crippen molar-refractivity contribution in [3.8, 4) is 46.8 Å². The van der Waals surface area contributed by atoms with E-state index in [9.17, 15) is 21.0 Å².